The van der Waals surface area contributed by atoms with Crippen molar-refractivity contribution in [1.82, 2.24) is 20.1 Å². The monoisotopic (exact) mass is 330 g/mol. The second-order valence-corrected chi connectivity index (χ2v) is 6.58. The van der Waals surface area contributed by atoms with E-state index in [0.717, 1.165) is 16.8 Å². The Morgan fingerprint density at radius 2 is 1.92 bits per heavy atom. The van der Waals surface area contributed by atoms with Crippen molar-refractivity contribution in [2.75, 3.05) is 0 Å². The highest BCUT2D eigenvalue weighted by Gasteiger charge is 2.27. The average molecular weight is 330 g/mol. The van der Waals surface area contributed by atoms with E-state index in [2.05, 4.69) is 15.4 Å². The van der Waals surface area contributed by atoms with Crippen molar-refractivity contribution in [3.05, 3.63) is 23.0 Å². The van der Waals surface area contributed by atoms with Gasteiger partial charge in [0.2, 0.25) is 0 Å². The molecule has 3 rings (SSSR count). The van der Waals surface area contributed by atoms with Crippen LogP contribution in [0, 0.1) is 19.8 Å². The first-order chi connectivity index (χ1) is 11.4. The van der Waals surface area contributed by atoms with Crippen LogP contribution in [0.15, 0.2) is 6.07 Å². The topological polar surface area (TPSA) is 97.1 Å². The number of carboxylic acid groups (broad SMARTS) is 1. The number of nitrogens with zero attached hydrogens (tertiary/aromatic N) is 3. The van der Waals surface area contributed by atoms with Crippen molar-refractivity contribution >= 4 is 22.9 Å². The van der Waals surface area contributed by atoms with Gasteiger partial charge in [-0.3, -0.25) is 14.3 Å². The zero-order chi connectivity index (χ0) is 17.4. The minimum atomic E-state index is -0.739. The van der Waals surface area contributed by atoms with Crippen molar-refractivity contribution in [3.63, 3.8) is 0 Å². The van der Waals surface area contributed by atoms with Crippen LogP contribution in [-0.2, 0) is 11.8 Å². The van der Waals surface area contributed by atoms with Crippen LogP contribution in [0.4, 0.5) is 0 Å². The maximum Gasteiger partial charge on any atom is 0.306 e. The van der Waals surface area contributed by atoms with E-state index in [1.54, 1.807) is 10.7 Å². The van der Waals surface area contributed by atoms with Gasteiger partial charge in [0.1, 0.15) is 0 Å². The number of aliphatic carboxylic acids is 1. The highest BCUT2D eigenvalue weighted by molar-refractivity contribution is 6.06. The minimum Gasteiger partial charge on any atom is -0.481 e. The zero-order valence-corrected chi connectivity index (χ0v) is 14.2. The summed E-state index contributed by atoms with van der Waals surface area (Å²) in [6.07, 6.45) is 2.61. The summed E-state index contributed by atoms with van der Waals surface area (Å²) in [5, 5.41) is 17.3. The molecule has 1 saturated carbocycles. The fourth-order valence-corrected chi connectivity index (χ4v) is 3.50. The van der Waals surface area contributed by atoms with Gasteiger partial charge in [0, 0.05) is 18.8 Å². The second kappa shape index (κ2) is 6.22. The van der Waals surface area contributed by atoms with Crippen LogP contribution in [0.3, 0.4) is 0 Å². The molecule has 0 saturated heterocycles. The number of rotatable bonds is 3. The molecule has 128 valence electrons. The van der Waals surface area contributed by atoms with Crippen LogP contribution in [0.2, 0.25) is 0 Å². The van der Waals surface area contributed by atoms with Gasteiger partial charge in [0.15, 0.2) is 5.65 Å². The molecule has 0 unspecified atom stereocenters. The molecule has 1 fully saturated rings. The molecule has 2 aromatic rings. The Labute approximate surface area is 140 Å². The number of hydrogen-bond acceptors (Lipinski definition) is 4. The molecule has 0 bridgehead atoms. The lowest BCUT2D eigenvalue weighted by molar-refractivity contribution is -0.142. The lowest BCUT2D eigenvalue weighted by atomic mass is 9.86. The largest absolute Gasteiger partial charge is 0.481 e. The molecule has 24 heavy (non-hydrogen) atoms. The van der Waals surface area contributed by atoms with Crippen molar-refractivity contribution in [2.24, 2.45) is 13.0 Å². The Kier molecular flexibility index (Phi) is 4.26. The third kappa shape index (κ3) is 2.98. The van der Waals surface area contributed by atoms with Gasteiger partial charge in [-0.25, -0.2) is 4.98 Å². The molecule has 0 aromatic carbocycles. The van der Waals surface area contributed by atoms with Gasteiger partial charge in [-0.1, -0.05) is 0 Å². The molecule has 2 N–H and O–H groups in total. The predicted molar refractivity (Wildman–Crippen MR) is 88.8 cm³/mol. The van der Waals surface area contributed by atoms with Gasteiger partial charge in [-0.2, -0.15) is 5.10 Å². The molecule has 7 nitrogen and oxygen atoms in total. The summed E-state index contributed by atoms with van der Waals surface area (Å²) in [5.74, 6) is -1.16. The molecular weight excluding hydrogens is 308 g/mol. The van der Waals surface area contributed by atoms with Gasteiger partial charge in [-0.05, 0) is 45.6 Å². The molecule has 0 aliphatic heterocycles. The molecule has 7 heteroatoms. The Morgan fingerprint density at radius 1 is 1.25 bits per heavy atom. The summed E-state index contributed by atoms with van der Waals surface area (Å²) < 4.78 is 1.69. The first-order valence-electron chi connectivity index (χ1n) is 8.21. The van der Waals surface area contributed by atoms with Crippen LogP contribution in [0.25, 0.3) is 11.0 Å². The number of pyridine rings is 1. The number of fused-ring (bicyclic) bond motifs is 1. The summed E-state index contributed by atoms with van der Waals surface area (Å²) in [6, 6.07) is 1.81. The molecule has 2 heterocycles. The predicted octanol–water partition coefficient (Wildman–Crippen LogP) is 1.96. The summed E-state index contributed by atoms with van der Waals surface area (Å²) in [5.41, 5.74) is 2.83. The molecule has 2 aromatic heterocycles. The van der Waals surface area contributed by atoms with Gasteiger partial charge < -0.3 is 10.4 Å². The maximum atomic E-state index is 12.8. The van der Waals surface area contributed by atoms with E-state index in [9.17, 15) is 9.59 Å². The van der Waals surface area contributed by atoms with E-state index >= 15 is 0 Å². The Balaban J connectivity index is 1.81. The minimum absolute atomic E-state index is 0.0219. The normalized spacial score (nSPS) is 21.0. The van der Waals surface area contributed by atoms with Crippen molar-refractivity contribution in [2.45, 2.75) is 45.6 Å². The van der Waals surface area contributed by atoms with E-state index in [-0.39, 0.29) is 17.9 Å². The molecule has 0 atom stereocenters. The number of carboxylic acids is 1. The van der Waals surface area contributed by atoms with Crippen molar-refractivity contribution < 1.29 is 14.7 Å². The van der Waals surface area contributed by atoms with E-state index in [0.29, 0.717) is 36.9 Å². The number of nitrogens with one attached hydrogen (secondary N) is 1. The Bertz CT molecular complexity index is 804. The van der Waals surface area contributed by atoms with Crippen LogP contribution >= 0.6 is 0 Å². The lowest BCUT2D eigenvalue weighted by Gasteiger charge is -2.27. The molecule has 1 aliphatic carbocycles. The Hall–Kier alpha value is -2.44. The van der Waals surface area contributed by atoms with Gasteiger partial charge in [0.05, 0.1) is 22.6 Å². The van der Waals surface area contributed by atoms with Crippen LogP contribution in [0.5, 0.6) is 0 Å². The summed E-state index contributed by atoms with van der Waals surface area (Å²) >= 11 is 0. The number of carbonyl (C=O) groups excluding carboxylic acids is 1. The number of carbonyl (C=O) groups is 2. The SMILES string of the molecule is Cc1cc(C(=O)NC2CCC(C(=O)O)CC2)c2c(C)nn(C)c2n1. The Morgan fingerprint density at radius 3 is 2.54 bits per heavy atom. The quantitative estimate of drug-likeness (QED) is 0.896. The van der Waals surface area contributed by atoms with Gasteiger partial charge in [-0.15, -0.1) is 0 Å². The number of hydrogen-bond donors (Lipinski definition) is 2. The zero-order valence-electron chi connectivity index (χ0n) is 14.2. The molecule has 0 spiro atoms. The molecular formula is C17H22N4O3. The van der Waals surface area contributed by atoms with Gasteiger partial charge >= 0.3 is 5.97 Å². The van der Waals surface area contributed by atoms with Crippen molar-refractivity contribution in [3.8, 4) is 0 Å². The lowest BCUT2D eigenvalue weighted by Crippen LogP contribution is -2.38. The molecule has 1 amide bonds. The highest BCUT2D eigenvalue weighted by atomic mass is 16.4. The molecule has 0 radical (unpaired) electrons. The molecule has 1 aliphatic rings. The maximum absolute atomic E-state index is 12.8. The third-order valence-electron chi connectivity index (χ3n) is 4.75. The smallest absolute Gasteiger partial charge is 0.306 e. The third-order valence-corrected chi connectivity index (χ3v) is 4.75. The van der Waals surface area contributed by atoms with Crippen LogP contribution < -0.4 is 5.32 Å². The van der Waals surface area contributed by atoms with E-state index in [4.69, 9.17) is 5.11 Å². The number of aryl methyl sites for hydroxylation is 3. The summed E-state index contributed by atoms with van der Waals surface area (Å²) in [6.45, 7) is 3.73. The van der Waals surface area contributed by atoms with Gasteiger partial charge in [0.25, 0.3) is 5.91 Å². The first-order valence-corrected chi connectivity index (χ1v) is 8.21. The second-order valence-electron chi connectivity index (χ2n) is 6.58. The average Bonchev–Trinajstić information content (AvgIpc) is 2.81. The van der Waals surface area contributed by atoms with Crippen LogP contribution in [-0.4, -0.2) is 37.8 Å². The van der Waals surface area contributed by atoms with E-state index in [1.165, 1.54) is 0 Å². The summed E-state index contributed by atoms with van der Waals surface area (Å²) in [4.78, 5) is 28.3. The highest BCUT2D eigenvalue weighted by Crippen LogP contribution is 2.26. The fraction of sp³-hybridized carbons (Fsp3) is 0.529. The first kappa shape index (κ1) is 16.4. The van der Waals surface area contributed by atoms with Crippen molar-refractivity contribution in [1.29, 1.82) is 0 Å². The van der Waals surface area contributed by atoms with Crippen LogP contribution in [0.1, 0.15) is 47.4 Å². The number of amides is 1. The van der Waals surface area contributed by atoms with E-state index < -0.39 is 5.97 Å². The number of aromatic nitrogens is 3. The van der Waals surface area contributed by atoms with E-state index in [1.807, 2.05) is 20.9 Å². The fourth-order valence-electron chi connectivity index (χ4n) is 3.50. The summed E-state index contributed by atoms with van der Waals surface area (Å²) in [7, 11) is 1.82. The standard InChI is InChI=1S/C17H22N4O3/c1-9-8-13(14-10(2)20-21(3)15(14)18-9)16(22)19-12-6-4-11(5-7-12)17(23)24/h8,11-12H,4-7H2,1-3H3,(H,19,22)(H,23,24).